The summed E-state index contributed by atoms with van der Waals surface area (Å²) in [7, 11) is 10.3. The van der Waals surface area contributed by atoms with Crippen molar-refractivity contribution in [3.63, 3.8) is 0 Å². The molecule has 62 heavy (non-hydrogen) atoms. The summed E-state index contributed by atoms with van der Waals surface area (Å²) in [6, 6.07) is 64.7. The summed E-state index contributed by atoms with van der Waals surface area (Å²) in [5, 5.41) is 5.04. The molecule has 2 heterocycles. The van der Waals surface area contributed by atoms with Crippen LogP contribution in [-0.4, -0.2) is 6.88 Å². The summed E-state index contributed by atoms with van der Waals surface area (Å²) < 4.78 is 11.7. The van der Waals surface area contributed by atoms with Crippen molar-refractivity contribution < 1.29 is 26.8 Å². The van der Waals surface area contributed by atoms with Crippen molar-refractivity contribution in [2.45, 2.75) is 27.7 Å². The number of rotatable bonds is 6. The molecule has 0 aliphatic heterocycles. The summed E-state index contributed by atoms with van der Waals surface area (Å²) in [5.41, 5.74) is 14.9. The van der Waals surface area contributed by atoms with Gasteiger partial charge in [-0.1, -0.05) is 144 Å². The van der Waals surface area contributed by atoms with E-state index < -0.39 is 18.0 Å². The monoisotopic (exact) mass is 940 g/mol. The molecule has 0 saturated carbocycles. The molecular weight excluding hydrogens is 895 g/mol. The van der Waals surface area contributed by atoms with E-state index in [0.29, 0.717) is 0 Å². The first-order valence-electron chi connectivity index (χ1n) is 19.9. The Morgan fingerprint density at radius 3 is 1.06 bits per heavy atom. The summed E-state index contributed by atoms with van der Waals surface area (Å²) in [5.74, 6) is 3.73. The normalized spacial score (nSPS) is 10.5. The van der Waals surface area contributed by atoms with Crippen LogP contribution in [0.3, 0.4) is 0 Å². The van der Waals surface area contributed by atoms with Gasteiger partial charge < -0.3 is 23.7 Å². The molecule has 10 rings (SSSR count). The van der Waals surface area contributed by atoms with Crippen LogP contribution in [0.2, 0.25) is 0 Å². The third kappa shape index (κ3) is 10.5. The summed E-state index contributed by atoms with van der Waals surface area (Å²) in [6.07, 6.45) is 0. The Morgan fingerprint density at radius 2 is 0.742 bits per heavy atom. The summed E-state index contributed by atoms with van der Waals surface area (Å²) >= 11 is -1.79. The SMILES string of the molecule is Cc1ccc(-c2cc3c(-c4ccc(-c5ccccc5)cc4)c(C)ccc3[cH-]2)o1.Cc1ccc(-c2cc3c(-c4ccc(-c5ccccc5)cc4)c(C)ccc3[cH-]2)o1.[CH3-].[CH3-].[Si]=[Zr]([Cl])[Cl]. The van der Waals surface area contributed by atoms with Gasteiger partial charge in [-0.15, -0.1) is 57.9 Å². The van der Waals surface area contributed by atoms with Crippen molar-refractivity contribution in [3.8, 4) is 67.2 Å². The Bertz CT molecular complexity index is 2830. The molecule has 310 valence electrons. The minimum absolute atomic E-state index is 0. The fourth-order valence-electron chi connectivity index (χ4n) is 7.93. The van der Waals surface area contributed by atoms with E-state index in [1.807, 2.05) is 38.1 Å². The van der Waals surface area contributed by atoms with Crippen molar-refractivity contribution in [2.24, 2.45) is 0 Å². The summed E-state index contributed by atoms with van der Waals surface area (Å²) in [6.45, 7) is 11.4. The molecular formula is C56H48Cl2O2SiZr-4. The molecule has 0 fully saturated rings. The molecule has 2 aromatic heterocycles. The van der Waals surface area contributed by atoms with E-state index >= 15 is 0 Å². The standard InChI is InChI=1S/2C27H21O.2CH3.2ClH.Si.Zr/c2*1-18-8-10-23-16-24(26-15-9-19(2)28-26)17-25(23)27(18)22-13-11-21(12-14-22)20-6-4-3-5-7-20;;;;;;/h2*3-17H,1-2H3;2*1H3;2*1H;;/q4*-1;;;;+2/p-2. The van der Waals surface area contributed by atoms with Crippen LogP contribution < -0.4 is 0 Å². The number of hydrogen-bond acceptors (Lipinski definition) is 2. The van der Waals surface area contributed by atoms with Crippen LogP contribution in [0.1, 0.15) is 22.6 Å². The zero-order chi connectivity index (χ0) is 41.8. The first-order valence-corrected chi connectivity index (χ1v) is 30.4. The zero-order valence-electron chi connectivity index (χ0n) is 35.9. The first kappa shape index (κ1) is 46.3. The first-order chi connectivity index (χ1) is 29.1. The Hall–Kier alpha value is -5.22. The minimum atomic E-state index is -1.79. The summed E-state index contributed by atoms with van der Waals surface area (Å²) in [4.78, 5) is 0. The average molecular weight is 943 g/mol. The van der Waals surface area contributed by atoms with Crippen LogP contribution in [0.4, 0.5) is 0 Å². The fraction of sp³-hybridized carbons (Fsp3) is 0.0714. The molecule has 0 amide bonds. The molecule has 8 aromatic carbocycles. The van der Waals surface area contributed by atoms with Crippen LogP contribution in [-0.2, 0) is 18.0 Å². The van der Waals surface area contributed by atoms with Gasteiger partial charge in [0.15, 0.2) is 0 Å². The third-order valence-electron chi connectivity index (χ3n) is 10.8. The predicted octanol–water partition coefficient (Wildman–Crippen LogP) is 17.4. The molecule has 6 heteroatoms. The Labute approximate surface area is 383 Å². The van der Waals surface area contributed by atoms with Crippen molar-refractivity contribution >= 4 is 45.4 Å². The maximum absolute atomic E-state index is 5.84. The van der Waals surface area contributed by atoms with E-state index in [1.165, 1.54) is 77.2 Å². The number of hydrogen-bond donors (Lipinski definition) is 0. The molecule has 0 saturated heterocycles. The second kappa shape index (κ2) is 20.8. The predicted molar refractivity (Wildman–Crippen MR) is 265 cm³/mol. The maximum atomic E-state index is 5.84. The third-order valence-corrected chi connectivity index (χ3v) is 10.8. The van der Waals surface area contributed by atoms with Gasteiger partial charge in [0, 0.05) is 0 Å². The van der Waals surface area contributed by atoms with Crippen molar-refractivity contribution in [2.75, 3.05) is 0 Å². The molecule has 0 aliphatic carbocycles. The van der Waals surface area contributed by atoms with Gasteiger partial charge in [0.25, 0.3) is 0 Å². The van der Waals surface area contributed by atoms with Gasteiger partial charge in [-0.25, -0.2) is 0 Å². The van der Waals surface area contributed by atoms with Gasteiger partial charge in [0.05, 0.1) is 23.0 Å². The van der Waals surface area contributed by atoms with Gasteiger partial charge in [-0.2, -0.15) is 0 Å². The second-order valence-electron chi connectivity index (χ2n) is 15.0. The average Bonchev–Trinajstić information content (AvgIpc) is 4.09. The van der Waals surface area contributed by atoms with Gasteiger partial charge in [-0.3, -0.25) is 0 Å². The van der Waals surface area contributed by atoms with Gasteiger partial charge >= 0.3 is 41.9 Å². The number of fused-ring (bicyclic) bond motifs is 2. The molecule has 0 unspecified atom stereocenters. The van der Waals surface area contributed by atoms with E-state index in [2.05, 4.69) is 178 Å². The Balaban J connectivity index is 0.000000185. The molecule has 0 bridgehead atoms. The molecule has 2 radical (unpaired) electrons. The van der Waals surface area contributed by atoms with Crippen molar-refractivity contribution in [1.82, 2.24) is 0 Å². The van der Waals surface area contributed by atoms with E-state index in [9.17, 15) is 0 Å². The van der Waals surface area contributed by atoms with Crippen LogP contribution in [0.15, 0.2) is 191 Å². The van der Waals surface area contributed by atoms with E-state index in [0.717, 1.165) is 34.2 Å². The number of furan rings is 2. The van der Waals surface area contributed by atoms with Crippen LogP contribution in [0.25, 0.3) is 88.7 Å². The molecule has 0 atom stereocenters. The molecule has 0 N–H and O–H groups in total. The molecule has 10 aromatic rings. The zero-order valence-corrected chi connectivity index (χ0v) is 40.9. The van der Waals surface area contributed by atoms with Crippen molar-refractivity contribution in [1.29, 1.82) is 0 Å². The molecule has 0 aliphatic rings. The van der Waals surface area contributed by atoms with Crippen molar-refractivity contribution in [3.05, 3.63) is 219 Å². The molecule has 2 nitrogen and oxygen atoms in total. The fourth-order valence-corrected chi connectivity index (χ4v) is 7.93. The quantitative estimate of drug-likeness (QED) is 0.123. The van der Waals surface area contributed by atoms with Crippen LogP contribution in [0.5, 0.6) is 0 Å². The van der Waals surface area contributed by atoms with E-state index in [-0.39, 0.29) is 14.9 Å². The Morgan fingerprint density at radius 1 is 0.419 bits per heavy atom. The van der Waals surface area contributed by atoms with Gasteiger partial charge in [0.2, 0.25) is 0 Å². The topological polar surface area (TPSA) is 26.3 Å². The van der Waals surface area contributed by atoms with Gasteiger partial charge in [0.1, 0.15) is 0 Å². The molecule has 0 spiro atoms. The number of aryl methyl sites for hydroxylation is 4. The van der Waals surface area contributed by atoms with Crippen LogP contribution >= 0.6 is 17.0 Å². The second-order valence-corrected chi connectivity index (χ2v) is 28.6. The number of halogens is 2. The van der Waals surface area contributed by atoms with E-state index in [1.54, 1.807) is 0 Å². The number of benzene rings is 6. The van der Waals surface area contributed by atoms with Gasteiger partial charge in [-0.05, 0) is 96.5 Å². The Kier molecular flexibility index (Phi) is 15.5. The van der Waals surface area contributed by atoms with Crippen LogP contribution in [0, 0.1) is 42.5 Å². The van der Waals surface area contributed by atoms with E-state index in [4.69, 9.17) is 25.9 Å².